The number of Topliss-reactive ketones (excluding diaryl/α,β-unsaturated/α-hetero) is 1. The highest BCUT2D eigenvalue weighted by atomic mass is 16.5. The van der Waals surface area contributed by atoms with Crippen LogP contribution in [-0.4, -0.2) is 46.8 Å². The molecular formula is C23H30N2O4. The fraction of sp³-hybridized carbons (Fsp3) is 0.435. The number of nitrogens with zero attached hydrogens (tertiary/aromatic N) is 2. The first-order valence-electron chi connectivity index (χ1n) is 9.86. The number of ketones is 1. The average Bonchev–Trinajstić information content (AvgIpc) is 2.95. The Morgan fingerprint density at radius 2 is 1.76 bits per heavy atom. The monoisotopic (exact) mass is 398 g/mol. The number of aryl methyl sites for hydroxylation is 1. The standard InChI is InChI=1S/C23H30N2O4/c1-7-25(19(26)14-13-18-11-9-8-10-12-18)17(4)22(27)20-15(2)21(23(28)29-6)24(5)16(20)3/h8-12,17H,7,13-14H2,1-6H3. The Labute approximate surface area is 172 Å². The number of aromatic nitrogens is 1. The molecule has 0 aliphatic rings. The van der Waals surface area contributed by atoms with E-state index in [4.69, 9.17) is 4.74 Å². The Kier molecular flexibility index (Phi) is 7.37. The Morgan fingerprint density at radius 3 is 2.31 bits per heavy atom. The van der Waals surface area contributed by atoms with Crippen molar-refractivity contribution < 1.29 is 19.1 Å². The minimum Gasteiger partial charge on any atom is -0.464 e. The van der Waals surface area contributed by atoms with Crippen LogP contribution < -0.4 is 0 Å². The maximum atomic E-state index is 13.3. The molecule has 6 nitrogen and oxygen atoms in total. The van der Waals surface area contributed by atoms with Crippen LogP contribution in [0.2, 0.25) is 0 Å². The van der Waals surface area contributed by atoms with E-state index in [0.29, 0.717) is 41.9 Å². The average molecular weight is 399 g/mol. The summed E-state index contributed by atoms with van der Waals surface area (Å²) in [5.41, 5.74) is 3.20. The molecule has 0 saturated carbocycles. The summed E-state index contributed by atoms with van der Waals surface area (Å²) in [6, 6.07) is 9.20. The van der Waals surface area contributed by atoms with E-state index < -0.39 is 12.0 Å². The smallest absolute Gasteiger partial charge is 0.354 e. The molecule has 0 aliphatic carbocycles. The van der Waals surface area contributed by atoms with E-state index >= 15 is 0 Å². The van der Waals surface area contributed by atoms with Crippen molar-refractivity contribution in [3.63, 3.8) is 0 Å². The second kappa shape index (κ2) is 9.54. The second-order valence-corrected chi connectivity index (χ2v) is 7.19. The number of benzene rings is 1. The number of amides is 1. The number of methoxy groups -OCH3 is 1. The molecule has 1 aromatic carbocycles. The zero-order chi connectivity index (χ0) is 21.7. The molecule has 6 heteroatoms. The fourth-order valence-corrected chi connectivity index (χ4v) is 3.78. The van der Waals surface area contributed by atoms with Crippen LogP contribution in [0.1, 0.15) is 57.9 Å². The predicted molar refractivity (Wildman–Crippen MR) is 112 cm³/mol. The van der Waals surface area contributed by atoms with Gasteiger partial charge in [-0.05, 0) is 45.2 Å². The predicted octanol–water partition coefficient (Wildman–Crippen LogP) is 3.48. The lowest BCUT2D eigenvalue weighted by Gasteiger charge is -2.27. The van der Waals surface area contributed by atoms with Crippen molar-refractivity contribution in [1.29, 1.82) is 0 Å². The van der Waals surface area contributed by atoms with Crippen molar-refractivity contribution in [2.45, 2.75) is 46.6 Å². The van der Waals surface area contributed by atoms with Gasteiger partial charge in [0.2, 0.25) is 5.91 Å². The summed E-state index contributed by atoms with van der Waals surface area (Å²) in [4.78, 5) is 39.8. The van der Waals surface area contributed by atoms with Gasteiger partial charge in [-0.3, -0.25) is 9.59 Å². The highest BCUT2D eigenvalue weighted by Gasteiger charge is 2.31. The lowest BCUT2D eigenvalue weighted by Crippen LogP contribution is -2.43. The molecule has 0 radical (unpaired) electrons. The Balaban J connectivity index is 2.23. The minimum atomic E-state index is -0.617. The second-order valence-electron chi connectivity index (χ2n) is 7.19. The van der Waals surface area contributed by atoms with Gasteiger partial charge in [0, 0.05) is 31.3 Å². The third-order valence-electron chi connectivity index (χ3n) is 5.53. The molecule has 29 heavy (non-hydrogen) atoms. The summed E-state index contributed by atoms with van der Waals surface area (Å²) in [7, 11) is 3.05. The Bertz CT molecular complexity index is 899. The first-order chi connectivity index (χ1) is 13.7. The molecule has 2 aromatic rings. The summed E-state index contributed by atoms with van der Waals surface area (Å²) in [5, 5.41) is 0. The molecule has 0 fully saturated rings. The number of esters is 1. The molecule has 1 heterocycles. The maximum absolute atomic E-state index is 13.3. The summed E-state index contributed by atoms with van der Waals surface area (Å²) in [6.07, 6.45) is 0.975. The van der Waals surface area contributed by atoms with Crippen LogP contribution >= 0.6 is 0 Å². The molecule has 0 saturated heterocycles. The molecule has 1 atom stereocenters. The molecule has 0 aliphatic heterocycles. The minimum absolute atomic E-state index is 0.0587. The number of likely N-dealkylation sites (N-methyl/N-ethyl adjacent to an activating group) is 1. The van der Waals surface area contributed by atoms with E-state index in [2.05, 4.69) is 0 Å². The number of rotatable bonds is 8. The molecule has 1 amide bonds. The number of hydrogen-bond donors (Lipinski definition) is 0. The highest BCUT2D eigenvalue weighted by Crippen LogP contribution is 2.24. The fourth-order valence-electron chi connectivity index (χ4n) is 3.78. The van der Waals surface area contributed by atoms with E-state index in [9.17, 15) is 14.4 Å². The third-order valence-corrected chi connectivity index (χ3v) is 5.53. The summed E-state index contributed by atoms with van der Waals surface area (Å²) in [5.74, 6) is -0.705. The number of hydrogen-bond acceptors (Lipinski definition) is 4. The van der Waals surface area contributed by atoms with Crippen molar-refractivity contribution in [2.24, 2.45) is 7.05 Å². The largest absolute Gasteiger partial charge is 0.464 e. The lowest BCUT2D eigenvalue weighted by molar-refractivity contribution is -0.132. The first kappa shape index (κ1) is 22.4. The van der Waals surface area contributed by atoms with Crippen molar-refractivity contribution >= 4 is 17.7 Å². The summed E-state index contributed by atoms with van der Waals surface area (Å²) >= 11 is 0. The van der Waals surface area contributed by atoms with Crippen molar-refractivity contribution in [3.8, 4) is 0 Å². The molecule has 1 aromatic heterocycles. The van der Waals surface area contributed by atoms with Gasteiger partial charge in [0.05, 0.1) is 13.2 Å². The maximum Gasteiger partial charge on any atom is 0.354 e. The zero-order valence-electron chi connectivity index (χ0n) is 18.1. The van der Waals surface area contributed by atoms with Gasteiger partial charge in [-0.2, -0.15) is 0 Å². The third kappa shape index (κ3) is 4.58. The molecule has 0 bridgehead atoms. The van der Waals surface area contributed by atoms with Crippen LogP contribution in [0.4, 0.5) is 0 Å². The van der Waals surface area contributed by atoms with Crippen LogP contribution in [0.25, 0.3) is 0 Å². The van der Waals surface area contributed by atoms with Crippen molar-refractivity contribution in [1.82, 2.24) is 9.47 Å². The van der Waals surface area contributed by atoms with Gasteiger partial charge >= 0.3 is 5.97 Å². The number of ether oxygens (including phenoxy) is 1. The van der Waals surface area contributed by atoms with E-state index in [-0.39, 0.29) is 11.7 Å². The van der Waals surface area contributed by atoms with Crippen LogP contribution in [0.5, 0.6) is 0 Å². The van der Waals surface area contributed by atoms with Gasteiger partial charge in [-0.1, -0.05) is 30.3 Å². The zero-order valence-corrected chi connectivity index (χ0v) is 18.1. The Hall–Kier alpha value is -2.89. The van der Waals surface area contributed by atoms with Crippen LogP contribution in [0.15, 0.2) is 30.3 Å². The van der Waals surface area contributed by atoms with E-state index in [0.717, 1.165) is 5.56 Å². The van der Waals surface area contributed by atoms with Gasteiger partial charge < -0.3 is 14.2 Å². The molecule has 0 spiro atoms. The van der Waals surface area contributed by atoms with Crippen molar-refractivity contribution in [3.05, 3.63) is 58.4 Å². The van der Waals surface area contributed by atoms with Gasteiger partial charge in [-0.15, -0.1) is 0 Å². The molecular weight excluding hydrogens is 368 g/mol. The van der Waals surface area contributed by atoms with Gasteiger partial charge in [0.25, 0.3) is 0 Å². The highest BCUT2D eigenvalue weighted by molar-refractivity contribution is 6.06. The molecule has 156 valence electrons. The molecule has 0 N–H and O–H groups in total. The van der Waals surface area contributed by atoms with Crippen LogP contribution in [0.3, 0.4) is 0 Å². The van der Waals surface area contributed by atoms with Gasteiger partial charge in [0.1, 0.15) is 5.69 Å². The normalized spacial score (nSPS) is 11.8. The van der Waals surface area contributed by atoms with Crippen molar-refractivity contribution in [2.75, 3.05) is 13.7 Å². The number of carbonyl (C=O) groups is 3. The molecule has 2 rings (SSSR count). The quantitative estimate of drug-likeness (QED) is 0.504. The van der Waals surface area contributed by atoms with E-state index in [1.54, 1.807) is 37.3 Å². The Morgan fingerprint density at radius 1 is 1.14 bits per heavy atom. The molecule has 1 unspecified atom stereocenters. The summed E-state index contributed by atoms with van der Waals surface area (Å²) < 4.78 is 6.53. The van der Waals surface area contributed by atoms with Gasteiger partial charge in [0.15, 0.2) is 5.78 Å². The van der Waals surface area contributed by atoms with Crippen LogP contribution in [0, 0.1) is 13.8 Å². The SMILES string of the molecule is CCN(C(=O)CCc1ccccc1)C(C)C(=O)c1c(C)c(C(=O)OC)n(C)c1C. The number of carbonyl (C=O) groups excluding carboxylic acids is 3. The topological polar surface area (TPSA) is 68.6 Å². The van der Waals surface area contributed by atoms with Gasteiger partial charge in [-0.25, -0.2) is 4.79 Å². The van der Waals surface area contributed by atoms with Crippen LogP contribution in [-0.2, 0) is 23.0 Å². The summed E-state index contributed by atoms with van der Waals surface area (Å²) in [6.45, 7) is 7.60. The lowest BCUT2D eigenvalue weighted by atomic mass is 9.99. The van der Waals surface area contributed by atoms with E-state index in [1.807, 2.05) is 37.3 Å². The first-order valence-corrected chi connectivity index (χ1v) is 9.86. The van der Waals surface area contributed by atoms with E-state index in [1.165, 1.54) is 7.11 Å².